The summed E-state index contributed by atoms with van der Waals surface area (Å²) in [5.41, 5.74) is 1.74. The van der Waals surface area contributed by atoms with Gasteiger partial charge in [-0.15, -0.1) is 0 Å². The second-order valence-corrected chi connectivity index (χ2v) is 10.6. The average Bonchev–Trinajstić information content (AvgIpc) is 3.23. The Bertz CT molecular complexity index is 1840. The molecule has 0 bridgehead atoms. The average molecular weight is 609 g/mol. The van der Waals surface area contributed by atoms with Gasteiger partial charge in [0, 0.05) is 5.56 Å². The van der Waals surface area contributed by atoms with Crippen molar-refractivity contribution in [2.75, 3.05) is 20.8 Å². The normalized spacial score (nSPS) is 15.2. The third-order valence-corrected chi connectivity index (χ3v) is 8.10. The number of rotatable bonds is 6. The van der Waals surface area contributed by atoms with Gasteiger partial charge in [0.15, 0.2) is 16.3 Å². The molecule has 1 aromatic heterocycles. The van der Waals surface area contributed by atoms with Crippen LogP contribution in [0.4, 0.5) is 0 Å². The molecule has 2 heterocycles. The second-order valence-electron chi connectivity index (χ2n) is 8.76. The Morgan fingerprint density at radius 3 is 2.62 bits per heavy atom. The zero-order chi connectivity index (χ0) is 27.8. The van der Waals surface area contributed by atoms with Crippen molar-refractivity contribution >= 4 is 50.1 Å². The van der Waals surface area contributed by atoms with Crippen molar-refractivity contribution in [3.63, 3.8) is 0 Å². The number of nitrogens with zero attached hydrogens (tertiary/aromatic N) is 2. The number of carbonyl (C=O) groups is 1. The molecule has 0 unspecified atom stereocenters. The van der Waals surface area contributed by atoms with Crippen LogP contribution >= 0.6 is 27.3 Å². The molecule has 5 rings (SSSR count). The third-order valence-electron chi connectivity index (χ3n) is 6.51. The molecule has 1 N–H and O–H groups in total. The molecule has 4 aromatic rings. The molecular weight excluding hydrogens is 584 g/mol. The Labute approximate surface area is 236 Å². The predicted molar refractivity (Wildman–Crippen MR) is 153 cm³/mol. The van der Waals surface area contributed by atoms with Crippen molar-refractivity contribution in [1.29, 1.82) is 0 Å². The highest BCUT2D eigenvalue weighted by Crippen LogP contribution is 2.40. The standard InChI is InChI=1S/C29H25BrN2O6S/c1-5-38-28(35)23-15(2)31-29-32(25(23)24-18-9-7-6-8-17(18)10-11-20(24)36-3)27(34)22(39-29)14-16-12-19(30)26(33)21(13-16)37-4/h6-14,25,33H,5H2,1-4H3/b22-14-/t25-/m0/s1. The number of benzene rings is 3. The smallest absolute Gasteiger partial charge is 0.338 e. The SMILES string of the molecule is CCOC(=O)C1=C(C)N=c2s/c(=C\c3cc(Br)c(O)c(OC)c3)c(=O)n2[C@@H]1c1c(OC)ccc2ccccc12. The highest BCUT2D eigenvalue weighted by molar-refractivity contribution is 9.10. The van der Waals surface area contributed by atoms with Crippen molar-refractivity contribution in [2.45, 2.75) is 19.9 Å². The minimum absolute atomic E-state index is 0.0335. The number of carbonyl (C=O) groups excluding carboxylic acids is 1. The zero-order valence-corrected chi connectivity index (χ0v) is 24.1. The van der Waals surface area contributed by atoms with E-state index in [2.05, 4.69) is 20.9 Å². The second kappa shape index (κ2) is 10.7. The summed E-state index contributed by atoms with van der Waals surface area (Å²) in [6, 6.07) is 14.0. The first-order valence-electron chi connectivity index (χ1n) is 12.1. The van der Waals surface area contributed by atoms with E-state index < -0.39 is 12.0 Å². The number of phenols is 1. The number of aromatic nitrogens is 1. The number of ether oxygens (including phenoxy) is 3. The Morgan fingerprint density at radius 2 is 1.90 bits per heavy atom. The van der Waals surface area contributed by atoms with Crippen molar-refractivity contribution in [1.82, 2.24) is 4.57 Å². The lowest BCUT2D eigenvalue weighted by molar-refractivity contribution is -0.139. The lowest BCUT2D eigenvalue weighted by Crippen LogP contribution is -2.40. The largest absolute Gasteiger partial charge is 0.503 e. The maximum atomic E-state index is 14.1. The fraction of sp³-hybridized carbons (Fsp3) is 0.207. The van der Waals surface area contributed by atoms with E-state index in [0.29, 0.717) is 36.4 Å². The van der Waals surface area contributed by atoms with Crippen LogP contribution in [-0.4, -0.2) is 36.5 Å². The molecule has 1 aliphatic heterocycles. The molecule has 0 amide bonds. The van der Waals surface area contributed by atoms with Crippen LogP contribution in [0.15, 0.2) is 74.1 Å². The molecule has 0 spiro atoms. The van der Waals surface area contributed by atoms with Crippen LogP contribution in [0.5, 0.6) is 17.2 Å². The van der Waals surface area contributed by atoms with Gasteiger partial charge in [-0.3, -0.25) is 9.36 Å². The van der Waals surface area contributed by atoms with E-state index in [1.165, 1.54) is 23.0 Å². The molecule has 1 aliphatic rings. The van der Waals surface area contributed by atoms with Gasteiger partial charge in [0.05, 0.1) is 41.1 Å². The first-order chi connectivity index (χ1) is 18.8. The number of methoxy groups -OCH3 is 2. The van der Waals surface area contributed by atoms with Crippen molar-refractivity contribution in [3.05, 3.63) is 95.1 Å². The van der Waals surface area contributed by atoms with Crippen LogP contribution in [0.3, 0.4) is 0 Å². The maximum Gasteiger partial charge on any atom is 0.338 e. The molecule has 200 valence electrons. The number of esters is 1. The van der Waals surface area contributed by atoms with E-state index >= 15 is 0 Å². The fourth-order valence-electron chi connectivity index (χ4n) is 4.78. The quantitative estimate of drug-likeness (QED) is 0.325. The van der Waals surface area contributed by atoms with Gasteiger partial charge in [0.2, 0.25) is 0 Å². The number of hydrogen-bond acceptors (Lipinski definition) is 8. The molecule has 39 heavy (non-hydrogen) atoms. The van der Waals surface area contributed by atoms with Gasteiger partial charge in [-0.2, -0.15) is 0 Å². The van der Waals surface area contributed by atoms with E-state index in [0.717, 1.165) is 10.8 Å². The number of allylic oxidation sites excluding steroid dienone is 1. The van der Waals surface area contributed by atoms with Crippen LogP contribution in [0.25, 0.3) is 16.8 Å². The third kappa shape index (κ3) is 4.63. The first kappa shape index (κ1) is 26.7. The maximum absolute atomic E-state index is 14.1. The van der Waals surface area contributed by atoms with E-state index in [4.69, 9.17) is 14.2 Å². The van der Waals surface area contributed by atoms with E-state index in [9.17, 15) is 14.7 Å². The molecule has 0 aliphatic carbocycles. The first-order valence-corrected chi connectivity index (χ1v) is 13.7. The van der Waals surface area contributed by atoms with Gasteiger partial charge in [0.25, 0.3) is 5.56 Å². The molecular formula is C29H25BrN2O6S. The number of hydrogen-bond donors (Lipinski definition) is 1. The van der Waals surface area contributed by atoms with Gasteiger partial charge in [-0.25, -0.2) is 9.79 Å². The summed E-state index contributed by atoms with van der Waals surface area (Å²) < 4.78 is 18.8. The van der Waals surface area contributed by atoms with Gasteiger partial charge in [0.1, 0.15) is 11.8 Å². The zero-order valence-electron chi connectivity index (χ0n) is 21.6. The fourth-order valence-corrected chi connectivity index (χ4v) is 6.29. The summed E-state index contributed by atoms with van der Waals surface area (Å²) in [6.45, 7) is 3.66. The number of phenolic OH excluding ortho intramolecular Hbond substituents is 1. The number of aromatic hydroxyl groups is 1. The van der Waals surface area contributed by atoms with Gasteiger partial charge in [-0.05, 0) is 70.4 Å². The topological polar surface area (TPSA) is 99.4 Å². The van der Waals surface area contributed by atoms with Crippen LogP contribution in [-0.2, 0) is 9.53 Å². The molecule has 0 saturated carbocycles. The van der Waals surface area contributed by atoms with Crippen LogP contribution < -0.4 is 24.4 Å². The van der Waals surface area contributed by atoms with Gasteiger partial charge >= 0.3 is 5.97 Å². The molecule has 1 atom stereocenters. The number of fused-ring (bicyclic) bond motifs is 2. The molecule has 0 fully saturated rings. The van der Waals surface area contributed by atoms with Crippen LogP contribution in [0.1, 0.15) is 31.0 Å². The number of thiazole rings is 1. The minimum atomic E-state index is -0.829. The molecule has 10 heteroatoms. The Morgan fingerprint density at radius 1 is 1.15 bits per heavy atom. The van der Waals surface area contributed by atoms with Crippen molar-refractivity contribution < 1.29 is 24.1 Å². The van der Waals surface area contributed by atoms with Crippen molar-refractivity contribution in [3.8, 4) is 17.2 Å². The van der Waals surface area contributed by atoms with Crippen LogP contribution in [0.2, 0.25) is 0 Å². The minimum Gasteiger partial charge on any atom is -0.503 e. The lowest BCUT2D eigenvalue weighted by atomic mass is 9.90. The molecule has 8 nitrogen and oxygen atoms in total. The summed E-state index contributed by atoms with van der Waals surface area (Å²) in [4.78, 5) is 32.5. The summed E-state index contributed by atoms with van der Waals surface area (Å²) in [6.07, 6.45) is 1.71. The lowest BCUT2D eigenvalue weighted by Gasteiger charge is -2.27. The Kier molecular flexibility index (Phi) is 7.33. The van der Waals surface area contributed by atoms with Crippen LogP contribution in [0, 0.1) is 0 Å². The summed E-state index contributed by atoms with van der Waals surface area (Å²) >= 11 is 4.54. The monoisotopic (exact) mass is 608 g/mol. The number of halogens is 1. The van der Waals surface area contributed by atoms with E-state index in [1.807, 2.05) is 36.4 Å². The van der Waals surface area contributed by atoms with Gasteiger partial charge < -0.3 is 19.3 Å². The summed E-state index contributed by atoms with van der Waals surface area (Å²) in [7, 11) is 3.02. The molecule has 3 aromatic carbocycles. The summed E-state index contributed by atoms with van der Waals surface area (Å²) in [5.74, 6) is 0.230. The predicted octanol–water partition coefficient (Wildman–Crippen LogP) is 4.44. The molecule has 0 saturated heterocycles. The molecule has 0 radical (unpaired) electrons. The van der Waals surface area contributed by atoms with Gasteiger partial charge in [-0.1, -0.05) is 41.7 Å². The van der Waals surface area contributed by atoms with Crippen molar-refractivity contribution in [2.24, 2.45) is 4.99 Å². The van der Waals surface area contributed by atoms with E-state index in [1.54, 1.807) is 39.2 Å². The summed E-state index contributed by atoms with van der Waals surface area (Å²) in [5, 5.41) is 12.0. The highest BCUT2D eigenvalue weighted by Gasteiger charge is 2.36. The highest BCUT2D eigenvalue weighted by atomic mass is 79.9. The Balaban J connectivity index is 1.83. The van der Waals surface area contributed by atoms with E-state index in [-0.39, 0.29) is 29.2 Å². The Hall–Kier alpha value is -3.89.